The third-order valence-electron chi connectivity index (χ3n) is 5.34. The third-order valence-corrected chi connectivity index (χ3v) is 5.34. The molecule has 1 amide bonds. The number of guanidine groups is 1. The number of carbonyl (C=O) groups excluding carboxylic acids is 1. The molecule has 0 radical (unpaired) electrons. The SMILES string of the molecule is NC(=NCc1ccccc1N1CCCCC1)NC(=O)c1ccc(C[C@H](N)C(=O)O)cc1. The van der Waals surface area contributed by atoms with Crippen LogP contribution < -0.4 is 21.7 Å². The summed E-state index contributed by atoms with van der Waals surface area (Å²) in [5, 5.41) is 11.5. The Morgan fingerprint density at radius 3 is 2.42 bits per heavy atom. The molecule has 3 rings (SSSR count). The number of carboxylic acids is 1. The lowest BCUT2D eigenvalue weighted by Gasteiger charge is -2.30. The molecule has 164 valence electrons. The van der Waals surface area contributed by atoms with Gasteiger partial charge in [-0.25, -0.2) is 4.99 Å². The van der Waals surface area contributed by atoms with Crippen molar-refractivity contribution < 1.29 is 14.7 Å². The van der Waals surface area contributed by atoms with Crippen molar-refractivity contribution in [3.05, 3.63) is 65.2 Å². The van der Waals surface area contributed by atoms with Gasteiger partial charge in [0.1, 0.15) is 6.04 Å². The van der Waals surface area contributed by atoms with E-state index in [0.29, 0.717) is 12.1 Å². The number of hydrogen-bond acceptors (Lipinski definition) is 5. The maximum atomic E-state index is 12.4. The van der Waals surface area contributed by atoms with Crippen LogP contribution in [-0.2, 0) is 17.8 Å². The van der Waals surface area contributed by atoms with Gasteiger partial charge in [-0.1, -0.05) is 30.3 Å². The quantitative estimate of drug-likeness (QED) is 0.397. The van der Waals surface area contributed by atoms with Crippen molar-refractivity contribution in [2.45, 2.75) is 38.3 Å². The van der Waals surface area contributed by atoms with Gasteiger partial charge in [0, 0.05) is 24.3 Å². The summed E-state index contributed by atoms with van der Waals surface area (Å²) in [4.78, 5) is 30.0. The van der Waals surface area contributed by atoms with Gasteiger partial charge in [0.15, 0.2) is 5.96 Å². The van der Waals surface area contributed by atoms with Gasteiger partial charge in [-0.2, -0.15) is 0 Å². The molecule has 6 N–H and O–H groups in total. The molecule has 0 aliphatic carbocycles. The summed E-state index contributed by atoms with van der Waals surface area (Å²) in [6, 6.07) is 13.7. The zero-order valence-electron chi connectivity index (χ0n) is 17.5. The monoisotopic (exact) mass is 423 g/mol. The molecule has 8 heteroatoms. The Bertz CT molecular complexity index is 936. The predicted octanol–water partition coefficient (Wildman–Crippen LogP) is 1.88. The Morgan fingerprint density at radius 1 is 1.06 bits per heavy atom. The molecule has 2 aromatic rings. The summed E-state index contributed by atoms with van der Waals surface area (Å²) in [7, 11) is 0. The molecule has 0 saturated carbocycles. The van der Waals surface area contributed by atoms with Gasteiger partial charge >= 0.3 is 5.97 Å². The molecule has 1 heterocycles. The van der Waals surface area contributed by atoms with Crippen LogP contribution >= 0.6 is 0 Å². The molecule has 0 spiro atoms. The van der Waals surface area contributed by atoms with E-state index in [1.807, 2.05) is 18.2 Å². The highest BCUT2D eigenvalue weighted by Gasteiger charge is 2.15. The van der Waals surface area contributed by atoms with Crippen molar-refractivity contribution in [2.75, 3.05) is 18.0 Å². The van der Waals surface area contributed by atoms with Crippen LogP contribution in [0.2, 0.25) is 0 Å². The predicted molar refractivity (Wildman–Crippen MR) is 121 cm³/mol. The average molecular weight is 424 g/mol. The molecule has 1 fully saturated rings. The Kier molecular flexibility index (Phi) is 7.61. The highest BCUT2D eigenvalue weighted by molar-refractivity contribution is 6.05. The first kappa shape index (κ1) is 22.3. The second-order valence-corrected chi connectivity index (χ2v) is 7.68. The van der Waals surface area contributed by atoms with Crippen LogP contribution in [-0.4, -0.2) is 42.1 Å². The van der Waals surface area contributed by atoms with E-state index in [1.54, 1.807) is 24.3 Å². The highest BCUT2D eigenvalue weighted by Crippen LogP contribution is 2.24. The van der Waals surface area contributed by atoms with E-state index in [-0.39, 0.29) is 18.3 Å². The lowest BCUT2D eigenvalue weighted by Crippen LogP contribution is -2.37. The smallest absolute Gasteiger partial charge is 0.320 e. The summed E-state index contributed by atoms with van der Waals surface area (Å²) >= 11 is 0. The van der Waals surface area contributed by atoms with E-state index in [1.165, 1.54) is 24.9 Å². The van der Waals surface area contributed by atoms with Crippen LogP contribution in [0.25, 0.3) is 0 Å². The maximum absolute atomic E-state index is 12.4. The summed E-state index contributed by atoms with van der Waals surface area (Å²) in [5.41, 5.74) is 14.9. The molecule has 2 aromatic carbocycles. The molecule has 8 nitrogen and oxygen atoms in total. The standard InChI is InChI=1S/C23H29N5O3/c24-19(22(30)31)14-16-8-10-17(11-9-16)21(29)27-23(25)26-15-18-6-2-3-7-20(18)28-12-4-1-5-13-28/h2-3,6-11,19H,1,4-5,12-15,24H2,(H,30,31)(H3,25,26,27,29)/t19-/m0/s1. The fraction of sp³-hybridized carbons (Fsp3) is 0.348. The molecular formula is C23H29N5O3. The number of nitrogens with two attached hydrogens (primary N) is 2. The minimum absolute atomic E-state index is 0.0513. The molecule has 1 aliphatic heterocycles. The molecule has 0 aromatic heterocycles. The number of carbonyl (C=O) groups is 2. The molecule has 0 unspecified atom stereocenters. The van der Waals surface area contributed by atoms with Crippen molar-refractivity contribution in [1.82, 2.24) is 5.32 Å². The van der Waals surface area contributed by atoms with E-state index in [4.69, 9.17) is 16.6 Å². The van der Waals surface area contributed by atoms with Crippen LogP contribution in [0, 0.1) is 0 Å². The highest BCUT2D eigenvalue weighted by atomic mass is 16.4. The average Bonchev–Trinajstić information content (AvgIpc) is 2.79. The second kappa shape index (κ2) is 10.6. The summed E-state index contributed by atoms with van der Waals surface area (Å²) in [6.45, 7) is 2.46. The minimum Gasteiger partial charge on any atom is -0.480 e. The number of nitrogens with zero attached hydrogens (tertiary/aromatic N) is 2. The number of para-hydroxylation sites is 1. The van der Waals surface area contributed by atoms with E-state index < -0.39 is 12.0 Å². The van der Waals surface area contributed by atoms with E-state index in [9.17, 15) is 9.59 Å². The van der Waals surface area contributed by atoms with Crippen LogP contribution in [0.5, 0.6) is 0 Å². The summed E-state index contributed by atoms with van der Waals surface area (Å²) in [6.07, 6.45) is 3.84. The topological polar surface area (TPSA) is 134 Å². The molecule has 1 atom stereocenters. The first-order valence-electron chi connectivity index (χ1n) is 10.5. The first-order chi connectivity index (χ1) is 14.9. The van der Waals surface area contributed by atoms with Gasteiger partial charge in [0.05, 0.1) is 6.54 Å². The van der Waals surface area contributed by atoms with Gasteiger partial charge in [0.2, 0.25) is 0 Å². The number of aliphatic imine (C=N–C) groups is 1. The Balaban J connectivity index is 1.59. The number of amides is 1. The number of piperidine rings is 1. The van der Waals surface area contributed by atoms with Crippen LogP contribution in [0.4, 0.5) is 5.69 Å². The minimum atomic E-state index is -1.06. The van der Waals surface area contributed by atoms with Crippen molar-refractivity contribution in [2.24, 2.45) is 16.5 Å². The van der Waals surface area contributed by atoms with Gasteiger partial charge in [-0.15, -0.1) is 0 Å². The third kappa shape index (κ3) is 6.29. The molecule has 1 saturated heterocycles. The molecular weight excluding hydrogens is 394 g/mol. The van der Waals surface area contributed by atoms with Crippen LogP contribution in [0.1, 0.15) is 40.7 Å². The number of hydrogen-bond donors (Lipinski definition) is 4. The maximum Gasteiger partial charge on any atom is 0.320 e. The largest absolute Gasteiger partial charge is 0.480 e. The number of anilines is 1. The van der Waals surface area contributed by atoms with Gasteiger partial charge in [0.25, 0.3) is 5.91 Å². The Morgan fingerprint density at radius 2 is 1.74 bits per heavy atom. The molecule has 1 aliphatic rings. The zero-order valence-corrected chi connectivity index (χ0v) is 17.5. The van der Waals surface area contributed by atoms with Gasteiger partial charge in [-0.05, 0) is 55.0 Å². The van der Waals surface area contributed by atoms with E-state index in [2.05, 4.69) is 21.3 Å². The number of benzene rings is 2. The fourth-order valence-electron chi connectivity index (χ4n) is 3.62. The molecule has 0 bridgehead atoms. The normalized spacial score (nSPS) is 15.4. The Hall–Kier alpha value is -3.39. The zero-order chi connectivity index (χ0) is 22.2. The second-order valence-electron chi connectivity index (χ2n) is 7.68. The summed E-state index contributed by atoms with van der Waals surface area (Å²) in [5.74, 6) is -1.39. The lowest BCUT2D eigenvalue weighted by atomic mass is 10.0. The van der Waals surface area contributed by atoms with Crippen molar-refractivity contribution in [1.29, 1.82) is 0 Å². The van der Waals surface area contributed by atoms with Crippen molar-refractivity contribution >= 4 is 23.5 Å². The number of rotatable bonds is 7. The number of nitrogens with one attached hydrogen (secondary N) is 1. The van der Waals surface area contributed by atoms with Crippen molar-refractivity contribution in [3.8, 4) is 0 Å². The lowest BCUT2D eigenvalue weighted by molar-refractivity contribution is -0.138. The molecule has 31 heavy (non-hydrogen) atoms. The van der Waals surface area contributed by atoms with Crippen LogP contribution in [0.15, 0.2) is 53.5 Å². The number of carboxylic acid groups (broad SMARTS) is 1. The van der Waals surface area contributed by atoms with Gasteiger partial charge < -0.3 is 21.5 Å². The first-order valence-corrected chi connectivity index (χ1v) is 10.5. The number of aliphatic carboxylic acids is 1. The van der Waals surface area contributed by atoms with E-state index in [0.717, 1.165) is 24.2 Å². The fourth-order valence-corrected chi connectivity index (χ4v) is 3.62. The van der Waals surface area contributed by atoms with Gasteiger partial charge in [-0.3, -0.25) is 14.9 Å². The Labute approximate surface area is 181 Å². The summed E-state index contributed by atoms with van der Waals surface area (Å²) < 4.78 is 0. The van der Waals surface area contributed by atoms with Crippen LogP contribution in [0.3, 0.4) is 0 Å². The van der Waals surface area contributed by atoms with Crippen molar-refractivity contribution in [3.63, 3.8) is 0 Å². The van der Waals surface area contributed by atoms with E-state index >= 15 is 0 Å².